The highest BCUT2D eigenvalue weighted by Crippen LogP contribution is 2.34. The second kappa shape index (κ2) is 5.36. The maximum atomic E-state index is 5.85. The van der Waals surface area contributed by atoms with E-state index in [0.717, 1.165) is 28.7 Å². The van der Waals surface area contributed by atoms with Gasteiger partial charge in [-0.3, -0.25) is 0 Å². The van der Waals surface area contributed by atoms with Crippen molar-refractivity contribution in [3.63, 3.8) is 0 Å². The van der Waals surface area contributed by atoms with E-state index in [-0.39, 0.29) is 6.10 Å². The molecule has 2 aromatic carbocycles. The first-order valence-corrected chi connectivity index (χ1v) is 6.71. The number of amidine groups is 1. The Kier molecular flexibility index (Phi) is 3.39. The molecule has 21 heavy (non-hydrogen) atoms. The average molecular weight is 283 g/mol. The van der Waals surface area contributed by atoms with E-state index >= 15 is 0 Å². The van der Waals surface area contributed by atoms with Crippen LogP contribution in [0.3, 0.4) is 0 Å². The molecule has 1 aliphatic rings. The molecule has 0 saturated carbocycles. The number of anilines is 2. The van der Waals surface area contributed by atoms with Gasteiger partial charge in [0.2, 0.25) is 0 Å². The van der Waals surface area contributed by atoms with Gasteiger partial charge in [-0.25, -0.2) is 4.99 Å². The Morgan fingerprint density at radius 3 is 2.90 bits per heavy atom. The topological polar surface area (TPSA) is 68.9 Å². The van der Waals surface area contributed by atoms with Gasteiger partial charge in [-0.05, 0) is 37.3 Å². The van der Waals surface area contributed by atoms with E-state index < -0.39 is 0 Å². The van der Waals surface area contributed by atoms with E-state index in [1.165, 1.54) is 0 Å². The van der Waals surface area contributed by atoms with Crippen LogP contribution < -0.4 is 20.5 Å². The lowest BCUT2D eigenvalue weighted by Crippen LogP contribution is -2.32. The lowest BCUT2D eigenvalue weighted by atomic mass is 10.2. The number of methoxy groups -OCH3 is 1. The average Bonchev–Trinajstić information content (AvgIpc) is 2.49. The summed E-state index contributed by atoms with van der Waals surface area (Å²) in [6, 6.07) is 13.1. The predicted molar refractivity (Wildman–Crippen MR) is 84.7 cm³/mol. The zero-order valence-electron chi connectivity index (χ0n) is 12.0. The molecule has 5 nitrogen and oxygen atoms in total. The van der Waals surface area contributed by atoms with E-state index in [1.54, 1.807) is 13.2 Å². The summed E-state index contributed by atoms with van der Waals surface area (Å²) in [6.45, 7) is 1.95. The molecule has 3 N–H and O–H groups in total. The van der Waals surface area contributed by atoms with Crippen LogP contribution >= 0.6 is 0 Å². The van der Waals surface area contributed by atoms with E-state index in [9.17, 15) is 0 Å². The van der Waals surface area contributed by atoms with E-state index in [1.807, 2.05) is 43.3 Å². The van der Waals surface area contributed by atoms with E-state index in [2.05, 4.69) is 10.3 Å². The van der Waals surface area contributed by atoms with Crippen molar-refractivity contribution in [1.29, 1.82) is 0 Å². The summed E-state index contributed by atoms with van der Waals surface area (Å²) in [5.74, 6) is 2.27. The molecule has 0 radical (unpaired) electrons. The van der Waals surface area contributed by atoms with Gasteiger partial charge in [0.1, 0.15) is 23.0 Å². The number of nitrogens with zero attached hydrogens (tertiary/aromatic N) is 1. The molecule has 0 spiro atoms. The minimum absolute atomic E-state index is 0.160. The highest BCUT2D eigenvalue weighted by atomic mass is 16.5. The first kappa shape index (κ1) is 13.3. The van der Waals surface area contributed by atoms with Crippen LogP contribution in [0.2, 0.25) is 0 Å². The highest BCUT2D eigenvalue weighted by Gasteiger charge is 2.20. The molecule has 108 valence electrons. The van der Waals surface area contributed by atoms with Crippen molar-refractivity contribution >= 4 is 22.9 Å². The summed E-state index contributed by atoms with van der Waals surface area (Å²) in [7, 11) is 1.64. The number of nitrogens with two attached hydrogens (primary N) is 1. The smallest absolute Gasteiger partial charge is 0.153 e. The molecule has 2 aromatic rings. The number of ether oxygens (including phenoxy) is 2. The van der Waals surface area contributed by atoms with Crippen molar-refractivity contribution in [3.05, 3.63) is 42.5 Å². The molecule has 0 aliphatic carbocycles. The minimum Gasteiger partial charge on any atom is -0.497 e. The van der Waals surface area contributed by atoms with Gasteiger partial charge in [-0.2, -0.15) is 0 Å². The predicted octanol–water partition coefficient (Wildman–Crippen LogP) is 3.20. The van der Waals surface area contributed by atoms with Crippen LogP contribution in [0, 0.1) is 0 Å². The zero-order valence-corrected chi connectivity index (χ0v) is 12.0. The highest BCUT2D eigenvalue weighted by molar-refractivity contribution is 6.01. The summed E-state index contributed by atoms with van der Waals surface area (Å²) in [4.78, 5) is 4.60. The summed E-state index contributed by atoms with van der Waals surface area (Å²) in [6.07, 6.45) is -0.160. The fourth-order valence-corrected chi connectivity index (χ4v) is 2.17. The molecule has 1 aliphatic heterocycles. The van der Waals surface area contributed by atoms with Crippen LogP contribution in [0.1, 0.15) is 6.92 Å². The van der Waals surface area contributed by atoms with Gasteiger partial charge >= 0.3 is 0 Å². The maximum Gasteiger partial charge on any atom is 0.153 e. The molecule has 0 fully saturated rings. The molecule has 5 heteroatoms. The van der Waals surface area contributed by atoms with Crippen molar-refractivity contribution in [3.8, 4) is 11.5 Å². The van der Waals surface area contributed by atoms with Crippen molar-refractivity contribution in [2.45, 2.75) is 13.0 Å². The Hall–Kier alpha value is -2.69. The molecule has 0 amide bonds. The fourth-order valence-electron chi connectivity index (χ4n) is 2.17. The molecule has 1 unspecified atom stereocenters. The number of nitrogens with one attached hydrogen (secondary N) is 1. The summed E-state index contributed by atoms with van der Waals surface area (Å²) >= 11 is 0. The first-order valence-electron chi connectivity index (χ1n) is 6.71. The Morgan fingerprint density at radius 2 is 2.10 bits per heavy atom. The maximum absolute atomic E-state index is 5.85. The number of nitrogen functional groups attached to an aromatic ring is 1. The largest absolute Gasteiger partial charge is 0.497 e. The third kappa shape index (κ3) is 2.76. The first-order chi connectivity index (χ1) is 10.2. The summed E-state index contributed by atoms with van der Waals surface area (Å²) in [5, 5.41) is 3.27. The Morgan fingerprint density at radius 1 is 1.24 bits per heavy atom. The van der Waals surface area contributed by atoms with Crippen LogP contribution in [0.4, 0.5) is 17.1 Å². The Labute approximate surface area is 123 Å². The lowest BCUT2D eigenvalue weighted by Gasteiger charge is -2.24. The van der Waals surface area contributed by atoms with Gasteiger partial charge in [0.25, 0.3) is 0 Å². The van der Waals surface area contributed by atoms with Gasteiger partial charge < -0.3 is 20.5 Å². The quantitative estimate of drug-likeness (QED) is 0.830. The number of hydrogen-bond acceptors (Lipinski definition) is 5. The number of hydrogen-bond donors (Lipinski definition) is 2. The number of benzene rings is 2. The van der Waals surface area contributed by atoms with Crippen molar-refractivity contribution < 1.29 is 9.47 Å². The summed E-state index contributed by atoms with van der Waals surface area (Å²) in [5.41, 5.74) is 8.09. The van der Waals surface area contributed by atoms with Crippen LogP contribution in [-0.2, 0) is 0 Å². The monoisotopic (exact) mass is 283 g/mol. The molecular formula is C16H17N3O2. The van der Waals surface area contributed by atoms with Gasteiger partial charge in [0, 0.05) is 17.4 Å². The molecular weight excluding hydrogens is 266 g/mol. The van der Waals surface area contributed by atoms with Crippen molar-refractivity contribution in [2.75, 3.05) is 18.2 Å². The SMILES string of the molecule is COc1cccc(NC2=Nc3cc(N)ccc3OC2C)c1. The molecule has 0 bridgehead atoms. The molecule has 0 aromatic heterocycles. The van der Waals surface area contributed by atoms with Crippen molar-refractivity contribution in [2.24, 2.45) is 4.99 Å². The second-order valence-corrected chi connectivity index (χ2v) is 4.84. The van der Waals surface area contributed by atoms with Gasteiger partial charge in [0.15, 0.2) is 6.10 Å². The number of fused-ring (bicyclic) bond motifs is 1. The molecule has 3 rings (SSSR count). The van der Waals surface area contributed by atoms with Crippen LogP contribution in [0.15, 0.2) is 47.5 Å². The van der Waals surface area contributed by atoms with Gasteiger partial charge in [-0.1, -0.05) is 6.07 Å². The number of aliphatic imine (C=N–C) groups is 1. The Bertz CT molecular complexity index is 698. The van der Waals surface area contributed by atoms with Crippen LogP contribution in [0.25, 0.3) is 0 Å². The van der Waals surface area contributed by atoms with Gasteiger partial charge in [0.05, 0.1) is 7.11 Å². The second-order valence-electron chi connectivity index (χ2n) is 4.84. The van der Waals surface area contributed by atoms with Crippen LogP contribution in [0.5, 0.6) is 11.5 Å². The van der Waals surface area contributed by atoms with Gasteiger partial charge in [-0.15, -0.1) is 0 Å². The lowest BCUT2D eigenvalue weighted by molar-refractivity contribution is 0.283. The van der Waals surface area contributed by atoms with E-state index in [4.69, 9.17) is 15.2 Å². The van der Waals surface area contributed by atoms with Crippen molar-refractivity contribution in [1.82, 2.24) is 0 Å². The molecule has 1 heterocycles. The zero-order chi connectivity index (χ0) is 14.8. The fraction of sp³-hybridized carbons (Fsp3) is 0.188. The number of rotatable bonds is 2. The minimum atomic E-state index is -0.160. The summed E-state index contributed by atoms with van der Waals surface area (Å²) < 4.78 is 11.1. The van der Waals surface area contributed by atoms with E-state index in [0.29, 0.717) is 5.69 Å². The normalized spacial score (nSPS) is 16.5. The third-order valence-electron chi connectivity index (χ3n) is 3.25. The van der Waals surface area contributed by atoms with Crippen LogP contribution in [-0.4, -0.2) is 19.0 Å². The third-order valence-corrected chi connectivity index (χ3v) is 3.25. The molecule has 0 saturated heterocycles. The standard InChI is InChI=1S/C16H17N3O2/c1-10-16(18-12-4-3-5-13(9-12)20-2)19-14-8-11(17)6-7-15(14)21-10/h3-10H,17H2,1-2H3,(H,18,19). The Balaban J connectivity index is 1.90. The molecule has 1 atom stereocenters.